The van der Waals surface area contributed by atoms with Crippen molar-refractivity contribution in [2.24, 2.45) is 0 Å². The molecular weight excluding hydrogens is 264 g/mol. The Morgan fingerprint density at radius 3 is 2.24 bits per heavy atom. The number of rotatable bonds is 7. The first-order chi connectivity index (χ1) is 10.3. The van der Waals surface area contributed by atoms with Crippen LogP contribution in [-0.4, -0.2) is 22.5 Å². The molecule has 1 aromatic heterocycles. The maximum atomic E-state index is 11.7. The van der Waals surface area contributed by atoms with Crippen LogP contribution in [0.4, 0.5) is 0 Å². The molecule has 0 saturated carbocycles. The van der Waals surface area contributed by atoms with Gasteiger partial charge in [-0.05, 0) is 41.7 Å². The molecule has 1 heterocycles. The van der Waals surface area contributed by atoms with Gasteiger partial charge in [-0.1, -0.05) is 24.3 Å². The van der Waals surface area contributed by atoms with Crippen LogP contribution in [0.15, 0.2) is 48.8 Å². The molecule has 0 unspecified atom stereocenters. The second kappa shape index (κ2) is 8.17. The number of amides is 1. The molecule has 2 N–H and O–H groups in total. The largest absolute Gasteiger partial charge is 0.392 e. The van der Waals surface area contributed by atoms with Gasteiger partial charge in [0, 0.05) is 25.4 Å². The van der Waals surface area contributed by atoms with Gasteiger partial charge in [0.15, 0.2) is 0 Å². The first kappa shape index (κ1) is 15.2. The third-order valence-corrected chi connectivity index (χ3v) is 3.33. The monoisotopic (exact) mass is 284 g/mol. The molecule has 2 aromatic rings. The van der Waals surface area contributed by atoms with Crippen LogP contribution >= 0.6 is 0 Å². The van der Waals surface area contributed by atoms with E-state index >= 15 is 0 Å². The normalized spacial score (nSPS) is 10.3. The van der Waals surface area contributed by atoms with E-state index in [1.54, 1.807) is 12.4 Å². The highest BCUT2D eigenvalue weighted by molar-refractivity contribution is 5.76. The lowest BCUT2D eigenvalue weighted by Gasteiger charge is -2.06. The highest BCUT2D eigenvalue weighted by atomic mass is 16.3. The van der Waals surface area contributed by atoms with E-state index in [1.165, 1.54) is 0 Å². The van der Waals surface area contributed by atoms with E-state index in [1.807, 2.05) is 36.4 Å². The Hall–Kier alpha value is -2.20. The summed E-state index contributed by atoms with van der Waals surface area (Å²) < 4.78 is 0. The van der Waals surface area contributed by atoms with Crippen LogP contribution in [0.3, 0.4) is 0 Å². The second-order valence-electron chi connectivity index (χ2n) is 4.93. The third-order valence-electron chi connectivity index (χ3n) is 3.33. The summed E-state index contributed by atoms with van der Waals surface area (Å²) in [6, 6.07) is 11.6. The molecular formula is C17H20N2O2. The van der Waals surface area contributed by atoms with Gasteiger partial charge >= 0.3 is 0 Å². The van der Waals surface area contributed by atoms with Crippen LogP contribution in [-0.2, 0) is 24.2 Å². The summed E-state index contributed by atoms with van der Waals surface area (Å²) in [6.45, 7) is 0.694. The zero-order valence-electron chi connectivity index (χ0n) is 12.0. The molecule has 2 rings (SSSR count). The number of benzene rings is 1. The lowest BCUT2D eigenvalue weighted by molar-refractivity contribution is -0.121. The summed E-state index contributed by atoms with van der Waals surface area (Å²) in [5.74, 6) is 0.0683. The van der Waals surface area contributed by atoms with Crippen LogP contribution in [0, 0.1) is 0 Å². The van der Waals surface area contributed by atoms with Crippen molar-refractivity contribution in [1.82, 2.24) is 10.3 Å². The molecule has 110 valence electrons. The number of hydrogen-bond acceptors (Lipinski definition) is 3. The molecule has 0 aliphatic heterocycles. The average molecular weight is 284 g/mol. The summed E-state index contributed by atoms with van der Waals surface area (Å²) >= 11 is 0. The maximum absolute atomic E-state index is 11.7. The van der Waals surface area contributed by atoms with Gasteiger partial charge in [-0.25, -0.2) is 0 Å². The lowest BCUT2D eigenvalue weighted by atomic mass is 10.1. The zero-order valence-corrected chi connectivity index (χ0v) is 12.0. The number of nitrogens with zero attached hydrogens (tertiary/aromatic N) is 1. The number of hydrogen-bond donors (Lipinski definition) is 2. The minimum absolute atomic E-state index is 0.0615. The number of aliphatic hydroxyl groups excluding tert-OH is 1. The minimum atomic E-state index is 0.0615. The standard InChI is InChI=1S/C17H20N2O2/c20-13-16-3-1-14(2-4-16)9-12-19-17(21)6-5-15-7-10-18-11-8-15/h1-4,7-8,10-11,20H,5-6,9,12-13H2,(H,19,21). The van der Waals surface area contributed by atoms with E-state index < -0.39 is 0 Å². The predicted octanol–water partition coefficient (Wildman–Crippen LogP) is 1.87. The smallest absolute Gasteiger partial charge is 0.220 e. The number of nitrogens with one attached hydrogen (secondary N) is 1. The van der Waals surface area contributed by atoms with Crippen molar-refractivity contribution in [2.45, 2.75) is 25.9 Å². The summed E-state index contributed by atoms with van der Waals surface area (Å²) in [5.41, 5.74) is 3.18. The number of carbonyl (C=O) groups excluding carboxylic acids is 1. The highest BCUT2D eigenvalue weighted by Gasteiger charge is 2.02. The molecule has 0 aliphatic rings. The summed E-state index contributed by atoms with van der Waals surface area (Å²) in [5, 5.41) is 11.9. The lowest BCUT2D eigenvalue weighted by Crippen LogP contribution is -2.25. The Morgan fingerprint density at radius 2 is 1.57 bits per heavy atom. The second-order valence-corrected chi connectivity index (χ2v) is 4.93. The van der Waals surface area contributed by atoms with Gasteiger partial charge in [0.1, 0.15) is 0 Å². The van der Waals surface area contributed by atoms with E-state index in [4.69, 9.17) is 5.11 Å². The minimum Gasteiger partial charge on any atom is -0.392 e. The molecule has 0 aliphatic carbocycles. The summed E-state index contributed by atoms with van der Waals surface area (Å²) in [4.78, 5) is 15.7. The molecule has 1 aromatic carbocycles. The van der Waals surface area contributed by atoms with E-state index in [0.29, 0.717) is 13.0 Å². The van der Waals surface area contributed by atoms with Gasteiger partial charge < -0.3 is 10.4 Å². The Labute approximate surface area is 124 Å². The average Bonchev–Trinajstić information content (AvgIpc) is 2.54. The van der Waals surface area contributed by atoms with E-state index in [2.05, 4.69) is 10.3 Å². The predicted molar refractivity (Wildman–Crippen MR) is 81.6 cm³/mol. The van der Waals surface area contributed by atoms with Gasteiger partial charge in [-0.3, -0.25) is 9.78 Å². The number of pyridine rings is 1. The third kappa shape index (κ3) is 5.36. The number of aromatic nitrogens is 1. The fourth-order valence-corrected chi connectivity index (χ4v) is 2.05. The fourth-order valence-electron chi connectivity index (χ4n) is 2.05. The molecule has 21 heavy (non-hydrogen) atoms. The van der Waals surface area contributed by atoms with Crippen molar-refractivity contribution in [2.75, 3.05) is 6.54 Å². The van der Waals surface area contributed by atoms with Crippen molar-refractivity contribution >= 4 is 5.91 Å². The van der Waals surface area contributed by atoms with Gasteiger partial charge in [0.2, 0.25) is 5.91 Å². The van der Waals surface area contributed by atoms with Crippen molar-refractivity contribution in [3.63, 3.8) is 0 Å². The molecule has 1 amide bonds. The van der Waals surface area contributed by atoms with Crippen LogP contribution < -0.4 is 5.32 Å². The fraction of sp³-hybridized carbons (Fsp3) is 0.294. The van der Waals surface area contributed by atoms with Gasteiger partial charge in [-0.2, -0.15) is 0 Å². The van der Waals surface area contributed by atoms with E-state index in [9.17, 15) is 4.79 Å². The molecule has 0 atom stereocenters. The Balaban J connectivity index is 1.66. The first-order valence-corrected chi connectivity index (χ1v) is 7.12. The van der Waals surface area contributed by atoms with Crippen LogP contribution in [0.25, 0.3) is 0 Å². The van der Waals surface area contributed by atoms with E-state index in [-0.39, 0.29) is 12.5 Å². The molecule has 4 heteroatoms. The van der Waals surface area contributed by atoms with Crippen LogP contribution in [0.5, 0.6) is 0 Å². The molecule has 0 bridgehead atoms. The van der Waals surface area contributed by atoms with Crippen molar-refractivity contribution in [1.29, 1.82) is 0 Å². The van der Waals surface area contributed by atoms with Crippen molar-refractivity contribution in [3.05, 3.63) is 65.5 Å². The topological polar surface area (TPSA) is 62.2 Å². The first-order valence-electron chi connectivity index (χ1n) is 7.12. The van der Waals surface area contributed by atoms with Crippen LogP contribution in [0.1, 0.15) is 23.1 Å². The zero-order chi connectivity index (χ0) is 14.9. The summed E-state index contributed by atoms with van der Waals surface area (Å²) in [7, 11) is 0. The van der Waals surface area contributed by atoms with Crippen molar-refractivity contribution < 1.29 is 9.90 Å². The Kier molecular flexibility index (Phi) is 5.91. The number of aryl methyl sites for hydroxylation is 1. The van der Waals surface area contributed by atoms with Gasteiger partial charge in [0.05, 0.1) is 6.61 Å². The highest BCUT2D eigenvalue weighted by Crippen LogP contribution is 2.05. The Bertz CT molecular complexity index is 553. The molecule has 0 spiro atoms. The van der Waals surface area contributed by atoms with Crippen LogP contribution in [0.2, 0.25) is 0 Å². The van der Waals surface area contributed by atoms with Crippen molar-refractivity contribution in [3.8, 4) is 0 Å². The van der Waals surface area contributed by atoms with Gasteiger partial charge in [-0.15, -0.1) is 0 Å². The molecule has 0 saturated heterocycles. The number of aliphatic hydroxyl groups is 1. The SMILES string of the molecule is O=C(CCc1ccncc1)NCCc1ccc(CO)cc1. The number of carbonyl (C=O) groups is 1. The van der Waals surface area contributed by atoms with Gasteiger partial charge in [0.25, 0.3) is 0 Å². The van der Waals surface area contributed by atoms with E-state index in [0.717, 1.165) is 29.5 Å². The quantitative estimate of drug-likeness (QED) is 0.816. The Morgan fingerprint density at radius 1 is 0.952 bits per heavy atom. The molecule has 4 nitrogen and oxygen atoms in total. The summed E-state index contributed by atoms with van der Waals surface area (Å²) in [6.07, 6.45) is 5.51. The molecule has 0 radical (unpaired) electrons. The molecule has 0 fully saturated rings. The maximum Gasteiger partial charge on any atom is 0.220 e.